The highest BCUT2D eigenvalue weighted by molar-refractivity contribution is 14.0. The van der Waals surface area contributed by atoms with Gasteiger partial charge in [-0.25, -0.2) is 0 Å². The lowest BCUT2D eigenvalue weighted by molar-refractivity contribution is 0.296. The average molecular weight is 500 g/mol. The SMILES string of the molecule is CN=C(NCCCCN1CCCC1)NCc1ccc(C)cc1OCC1CC1.I. The van der Waals surface area contributed by atoms with E-state index >= 15 is 0 Å². The lowest BCUT2D eigenvalue weighted by atomic mass is 10.1. The zero-order chi connectivity index (χ0) is 18.9. The zero-order valence-electron chi connectivity index (χ0n) is 17.5. The Morgan fingerprint density at radius 1 is 1.18 bits per heavy atom. The number of aliphatic imine (C=N–C) groups is 1. The number of nitrogens with zero attached hydrogens (tertiary/aromatic N) is 2. The van der Waals surface area contributed by atoms with Gasteiger partial charge >= 0.3 is 0 Å². The number of benzene rings is 1. The molecule has 0 bridgehead atoms. The highest BCUT2D eigenvalue weighted by Gasteiger charge is 2.22. The molecular weight excluding hydrogens is 463 g/mol. The van der Waals surface area contributed by atoms with Crippen molar-refractivity contribution in [2.75, 3.05) is 39.8 Å². The monoisotopic (exact) mass is 500 g/mol. The number of halogens is 1. The minimum Gasteiger partial charge on any atom is -0.493 e. The molecule has 3 rings (SSSR count). The average Bonchev–Trinajstić information content (AvgIpc) is 3.36. The first-order valence-corrected chi connectivity index (χ1v) is 10.6. The Labute approximate surface area is 187 Å². The van der Waals surface area contributed by atoms with Crippen LogP contribution < -0.4 is 15.4 Å². The number of likely N-dealkylation sites (tertiary alicyclic amines) is 1. The van der Waals surface area contributed by atoms with Crippen LogP contribution >= 0.6 is 24.0 Å². The van der Waals surface area contributed by atoms with Crippen molar-refractivity contribution in [1.29, 1.82) is 0 Å². The summed E-state index contributed by atoms with van der Waals surface area (Å²) in [6.45, 7) is 8.47. The second-order valence-corrected chi connectivity index (χ2v) is 7.97. The topological polar surface area (TPSA) is 48.9 Å². The number of nitrogens with one attached hydrogen (secondary N) is 2. The lowest BCUT2D eigenvalue weighted by Gasteiger charge is -2.16. The van der Waals surface area contributed by atoms with Crippen LogP contribution in [0.5, 0.6) is 5.75 Å². The van der Waals surface area contributed by atoms with Crippen LogP contribution in [-0.4, -0.2) is 50.7 Å². The lowest BCUT2D eigenvalue weighted by Crippen LogP contribution is -2.37. The van der Waals surface area contributed by atoms with Gasteiger partial charge in [0.15, 0.2) is 5.96 Å². The molecule has 0 unspecified atom stereocenters. The van der Waals surface area contributed by atoms with Gasteiger partial charge in [0.2, 0.25) is 0 Å². The summed E-state index contributed by atoms with van der Waals surface area (Å²) in [6.07, 6.45) is 7.81. The van der Waals surface area contributed by atoms with Crippen LogP contribution in [0.1, 0.15) is 49.7 Å². The molecule has 1 aromatic rings. The van der Waals surface area contributed by atoms with Crippen molar-refractivity contribution in [3.63, 3.8) is 0 Å². The van der Waals surface area contributed by atoms with Gasteiger partial charge in [-0.3, -0.25) is 4.99 Å². The molecule has 2 N–H and O–H groups in total. The molecule has 6 heteroatoms. The van der Waals surface area contributed by atoms with E-state index in [1.807, 2.05) is 7.05 Å². The quantitative estimate of drug-likeness (QED) is 0.221. The van der Waals surface area contributed by atoms with Crippen LogP contribution in [0.3, 0.4) is 0 Å². The van der Waals surface area contributed by atoms with Crippen molar-refractivity contribution in [3.05, 3.63) is 29.3 Å². The maximum atomic E-state index is 6.06. The summed E-state index contributed by atoms with van der Waals surface area (Å²) in [4.78, 5) is 6.93. The predicted octanol–water partition coefficient (Wildman–Crippen LogP) is 3.94. The van der Waals surface area contributed by atoms with Crippen molar-refractivity contribution in [2.45, 2.75) is 52.0 Å². The Balaban J connectivity index is 0.00000280. The molecule has 2 fully saturated rings. The first-order valence-electron chi connectivity index (χ1n) is 10.6. The summed E-state index contributed by atoms with van der Waals surface area (Å²) in [5.41, 5.74) is 2.43. The van der Waals surface area contributed by atoms with E-state index in [1.54, 1.807) is 0 Å². The Bertz CT molecular complexity index is 613. The maximum Gasteiger partial charge on any atom is 0.191 e. The molecule has 2 aliphatic rings. The van der Waals surface area contributed by atoms with Crippen molar-refractivity contribution in [2.24, 2.45) is 10.9 Å². The van der Waals surface area contributed by atoms with Gasteiger partial charge in [0, 0.05) is 25.7 Å². The molecule has 0 radical (unpaired) electrons. The maximum absolute atomic E-state index is 6.06. The highest BCUT2D eigenvalue weighted by Crippen LogP contribution is 2.30. The van der Waals surface area contributed by atoms with Gasteiger partial charge in [-0.1, -0.05) is 12.1 Å². The molecule has 0 atom stereocenters. The Morgan fingerprint density at radius 2 is 1.96 bits per heavy atom. The largest absolute Gasteiger partial charge is 0.493 e. The summed E-state index contributed by atoms with van der Waals surface area (Å²) < 4.78 is 6.06. The van der Waals surface area contributed by atoms with Crippen molar-refractivity contribution < 1.29 is 4.74 Å². The standard InChI is InChI=1S/C22H36N4O.HI/c1-18-7-10-20(21(15-18)27-17-19-8-9-19)16-25-22(23-2)24-11-3-4-12-26-13-5-6-14-26;/h7,10,15,19H,3-6,8-9,11-14,16-17H2,1-2H3,(H2,23,24,25);1H. The van der Waals surface area contributed by atoms with Crippen LogP contribution in [0.15, 0.2) is 23.2 Å². The Morgan fingerprint density at radius 3 is 2.68 bits per heavy atom. The molecule has 0 aromatic heterocycles. The van der Waals surface area contributed by atoms with Gasteiger partial charge in [0.05, 0.1) is 6.61 Å². The van der Waals surface area contributed by atoms with Crippen LogP contribution in [0.4, 0.5) is 0 Å². The number of hydrogen-bond donors (Lipinski definition) is 2. The van der Waals surface area contributed by atoms with Gasteiger partial charge in [-0.15, -0.1) is 24.0 Å². The van der Waals surface area contributed by atoms with Crippen LogP contribution in [0, 0.1) is 12.8 Å². The summed E-state index contributed by atoms with van der Waals surface area (Å²) in [5.74, 6) is 2.64. The Kier molecular flexibility index (Phi) is 10.4. The second-order valence-electron chi connectivity index (χ2n) is 7.97. The second kappa shape index (κ2) is 12.5. The smallest absolute Gasteiger partial charge is 0.191 e. The Hall–Kier alpha value is -1.02. The van der Waals surface area contributed by atoms with Crippen molar-refractivity contribution in [1.82, 2.24) is 15.5 Å². The molecule has 28 heavy (non-hydrogen) atoms. The molecule has 5 nitrogen and oxygen atoms in total. The molecule has 1 heterocycles. The summed E-state index contributed by atoms with van der Waals surface area (Å²) in [7, 11) is 1.83. The van der Waals surface area contributed by atoms with E-state index in [-0.39, 0.29) is 24.0 Å². The third-order valence-corrected chi connectivity index (χ3v) is 5.46. The van der Waals surface area contributed by atoms with E-state index in [1.165, 1.54) is 69.3 Å². The molecule has 1 aliphatic carbocycles. The van der Waals surface area contributed by atoms with E-state index in [9.17, 15) is 0 Å². The number of guanidine groups is 1. The van der Waals surface area contributed by atoms with E-state index in [2.05, 4.69) is 45.6 Å². The number of aryl methyl sites for hydroxylation is 1. The van der Waals surface area contributed by atoms with Crippen LogP contribution in [0.25, 0.3) is 0 Å². The molecule has 1 saturated carbocycles. The highest BCUT2D eigenvalue weighted by atomic mass is 127. The molecule has 1 aromatic carbocycles. The third kappa shape index (κ3) is 8.15. The van der Waals surface area contributed by atoms with Crippen LogP contribution in [-0.2, 0) is 6.54 Å². The fourth-order valence-corrected chi connectivity index (χ4v) is 3.51. The number of rotatable bonds is 10. The number of unbranched alkanes of at least 4 members (excludes halogenated alkanes) is 1. The summed E-state index contributed by atoms with van der Waals surface area (Å²) in [6, 6.07) is 6.46. The normalized spacial score (nSPS) is 17.3. The van der Waals surface area contributed by atoms with Gasteiger partial charge in [-0.2, -0.15) is 0 Å². The minimum absolute atomic E-state index is 0. The third-order valence-electron chi connectivity index (χ3n) is 5.46. The van der Waals surface area contributed by atoms with E-state index < -0.39 is 0 Å². The molecule has 158 valence electrons. The van der Waals surface area contributed by atoms with Gasteiger partial charge in [0.1, 0.15) is 5.75 Å². The summed E-state index contributed by atoms with van der Waals surface area (Å²) in [5, 5.41) is 6.87. The minimum atomic E-state index is 0. The van der Waals surface area contributed by atoms with Gasteiger partial charge in [0.25, 0.3) is 0 Å². The van der Waals surface area contributed by atoms with E-state index in [0.29, 0.717) is 0 Å². The van der Waals surface area contributed by atoms with Crippen molar-refractivity contribution >= 4 is 29.9 Å². The fraction of sp³-hybridized carbons (Fsp3) is 0.682. The molecule has 0 amide bonds. The molecule has 1 aliphatic heterocycles. The fourth-order valence-electron chi connectivity index (χ4n) is 3.51. The first kappa shape index (κ1) is 23.3. The molecule has 1 saturated heterocycles. The summed E-state index contributed by atoms with van der Waals surface area (Å²) >= 11 is 0. The van der Waals surface area contributed by atoms with Crippen molar-refractivity contribution in [3.8, 4) is 5.75 Å². The first-order chi connectivity index (χ1) is 13.2. The predicted molar refractivity (Wildman–Crippen MR) is 128 cm³/mol. The van der Waals surface area contributed by atoms with E-state index in [0.717, 1.165) is 37.3 Å². The zero-order valence-corrected chi connectivity index (χ0v) is 19.8. The molecular formula is C22H37IN4O. The number of hydrogen-bond acceptors (Lipinski definition) is 3. The molecule has 0 spiro atoms. The number of ether oxygens (including phenoxy) is 1. The van der Waals surface area contributed by atoms with Crippen LogP contribution in [0.2, 0.25) is 0 Å². The van der Waals surface area contributed by atoms with Gasteiger partial charge in [-0.05, 0) is 82.6 Å². The van der Waals surface area contributed by atoms with E-state index in [4.69, 9.17) is 4.74 Å². The van der Waals surface area contributed by atoms with Gasteiger partial charge < -0.3 is 20.3 Å².